The van der Waals surface area contributed by atoms with Crippen LogP contribution in [0, 0.1) is 5.92 Å². The van der Waals surface area contributed by atoms with Gasteiger partial charge in [-0.05, 0) is 26.2 Å². The van der Waals surface area contributed by atoms with Crippen molar-refractivity contribution in [3.8, 4) is 0 Å². The lowest BCUT2D eigenvalue weighted by Gasteiger charge is -2.28. The zero-order valence-corrected chi connectivity index (χ0v) is 10.1. The van der Waals surface area contributed by atoms with Gasteiger partial charge >= 0.3 is 0 Å². The summed E-state index contributed by atoms with van der Waals surface area (Å²) in [4.78, 5) is 25.5. The first-order valence-corrected chi connectivity index (χ1v) is 6.09. The number of hydrogen-bond acceptors (Lipinski definition) is 2. The van der Waals surface area contributed by atoms with Crippen molar-refractivity contribution in [1.82, 2.24) is 10.2 Å². The van der Waals surface area contributed by atoms with Crippen LogP contribution in [-0.2, 0) is 9.59 Å². The van der Waals surface area contributed by atoms with Gasteiger partial charge in [-0.25, -0.2) is 0 Å². The Kier molecular flexibility index (Phi) is 2.91. The summed E-state index contributed by atoms with van der Waals surface area (Å²) < 4.78 is 0. The van der Waals surface area contributed by atoms with Crippen molar-refractivity contribution in [2.45, 2.75) is 45.1 Å². The van der Waals surface area contributed by atoms with Gasteiger partial charge in [0.05, 0.1) is 0 Å². The number of hydrogen-bond donors (Lipinski definition) is 1. The molecule has 1 saturated heterocycles. The van der Waals surface area contributed by atoms with Crippen LogP contribution >= 0.6 is 0 Å². The molecular formula is C12H20N2O2. The second-order valence-electron chi connectivity index (χ2n) is 5.45. The molecule has 0 bridgehead atoms. The normalized spacial score (nSPS) is 25.2. The molecule has 1 aliphatic heterocycles. The first-order valence-electron chi connectivity index (χ1n) is 6.09. The Morgan fingerprint density at radius 2 is 2.06 bits per heavy atom. The van der Waals surface area contributed by atoms with Gasteiger partial charge in [-0.15, -0.1) is 0 Å². The lowest BCUT2D eigenvalue weighted by atomic mass is 10.0. The van der Waals surface area contributed by atoms with Gasteiger partial charge in [0.15, 0.2) is 0 Å². The Morgan fingerprint density at radius 3 is 2.69 bits per heavy atom. The molecule has 1 saturated carbocycles. The van der Waals surface area contributed by atoms with Crippen LogP contribution in [0.4, 0.5) is 0 Å². The van der Waals surface area contributed by atoms with Crippen molar-refractivity contribution < 1.29 is 9.59 Å². The fourth-order valence-electron chi connectivity index (χ4n) is 2.16. The minimum atomic E-state index is -0.739. The highest BCUT2D eigenvalue weighted by atomic mass is 16.2. The molecule has 2 aliphatic rings. The predicted molar refractivity (Wildman–Crippen MR) is 60.8 cm³/mol. The third-order valence-corrected chi connectivity index (χ3v) is 3.39. The van der Waals surface area contributed by atoms with E-state index in [9.17, 15) is 9.59 Å². The summed E-state index contributed by atoms with van der Waals surface area (Å²) in [5, 5.41) is 2.77. The Hall–Kier alpha value is -1.06. The molecule has 1 N–H and O–H groups in total. The molecule has 0 atom stereocenters. The minimum Gasteiger partial charge on any atom is -0.342 e. The lowest BCUT2D eigenvalue weighted by molar-refractivity contribution is -0.137. The molecule has 0 spiro atoms. The molecule has 0 aromatic rings. The third kappa shape index (κ3) is 2.54. The van der Waals surface area contributed by atoms with E-state index in [1.807, 2.05) is 4.90 Å². The van der Waals surface area contributed by atoms with Gasteiger partial charge in [-0.3, -0.25) is 9.59 Å². The summed E-state index contributed by atoms with van der Waals surface area (Å²) in [7, 11) is 0. The number of carbonyl (C=O) groups is 2. The Labute approximate surface area is 96.4 Å². The van der Waals surface area contributed by atoms with Crippen LogP contribution in [-0.4, -0.2) is 35.3 Å². The summed E-state index contributed by atoms with van der Waals surface area (Å²) in [6, 6.07) is 0. The Balaban J connectivity index is 1.98. The molecule has 0 radical (unpaired) electrons. The van der Waals surface area contributed by atoms with Crippen LogP contribution in [0.3, 0.4) is 0 Å². The summed E-state index contributed by atoms with van der Waals surface area (Å²) in [5.74, 6) is 0.856. The molecule has 4 nitrogen and oxygen atoms in total. The second-order valence-corrected chi connectivity index (χ2v) is 5.45. The van der Waals surface area contributed by atoms with Gasteiger partial charge < -0.3 is 10.2 Å². The maximum Gasteiger partial charge on any atom is 0.247 e. The number of rotatable bonds is 3. The zero-order chi connectivity index (χ0) is 11.8. The van der Waals surface area contributed by atoms with E-state index in [2.05, 4.69) is 5.32 Å². The predicted octanol–water partition coefficient (Wildman–Crippen LogP) is 0.914. The van der Waals surface area contributed by atoms with Crippen molar-refractivity contribution in [1.29, 1.82) is 0 Å². The van der Waals surface area contributed by atoms with Gasteiger partial charge in [0, 0.05) is 19.5 Å². The quantitative estimate of drug-likeness (QED) is 0.774. The highest BCUT2D eigenvalue weighted by Gasteiger charge is 2.36. The van der Waals surface area contributed by atoms with Gasteiger partial charge in [0.2, 0.25) is 11.8 Å². The number of amides is 2. The lowest BCUT2D eigenvalue weighted by Crippen LogP contribution is -2.52. The van der Waals surface area contributed by atoms with E-state index >= 15 is 0 Å². The number of carbonyl (C=O) groups excluding carboxylic acids is 2. The topological polar surface area (TPSA) is 49.4 Å². The molecule has 90 valence electrons. The van der Waals surface area contributed by atoms with Crippen LogP contribution in [0.1, 0.15) is 39.5 Å². The van der Waals surface area contributed by atoms with Crippen molar-refractivity contribution >= 4 is 11.8 Å². The van der Waals surface area contributed by atoms with E-state index in [4.69, 9.17) is 0 Å². The molecule has 2 fully saturated rings. The SMILES string of the molecule is CC1(C)NC(=O)CCN(CCC2CC2)C1=O. The minimum absolute atomic E-state index is 0.0210. The van der Waals surface area contributed by atoms with E-state index in [-0.39, 0.29) is 11.8 Å². The summed E-state index contributed by atoms with van der Waals surface area (Å²) >= 11 is 0. The molecule has 1 aliphatic carbocycles. The van der Waals surface area contributed by atoms with Crippen LogP contribution in [0.15, 0.2) is 0 Å². The molecule has 16 heavy (non-hydrogen) atoms. The highest BCUT2D eigenvalue weighted by molar-refractivity contribution is 5.92. The number of nitrogens with one attached hydrogen (secondary N) is 1. The fourth-order valence-corrected chi connectivity index (χ4v) is 2.16. The standard InChI is InChI=1S/C12H20N2O2/c1-12(2)11(16)14(7-5-9-3-4-9)8-6-10(15)13-12/h9H,3-8H2,1-2H3,(H,13,15). The molecule has 2 rings (SSSR count). The average molecular weight is 224 g/mol. The first kappa shape index (κ1) is 11.4. The van der Waals surface area contributed by atoms with Crippen LogP contribution in [0.2, 0.25) is 0 Å². The van der Waals surface area contributed by atoms with Crippen molar-refractivity contribution in [2.24, 2.45) is 5.92 Å². The molecule has 0 aromatic carbocycles. The molecule has 0 aromatic heterocycles. The van der Waals surface area contributed by atoms with E-state index in [1.54, 1.807) is 13.8 Å². The van der Waals surface area contributed by atoms with Crippen LogP contribution in [0.5, 0.6) is 0 Å². The number of nitrogens with zero attached hydrogens (tertiary/aromatic N) is 1. The maximum absolute atomic E-state index is 12.2. The van der Waals surface area contributed by atoms with Gasteiger partial charge in [0.1, 0.15) is 5.54 Å². The monoisotopic (exact) mass is 224 g/mol. The molecule has 2 amide bonds. The van der Waals surface area contributed by atoms with Crippen molar-refractivity contribution in [3.63, 3.8) is 0 Å². The third-order valence-electron chi connectivity index (χ3n) is 3.39. The van der Waals surface area contributed by atoms with Crippen molar-refractivity contribution in [3.05, 3.63) is 0 Å². The summed E-state index contributed by atoms with van der Waals surface area (Å²) in [5.41, 5.74) is -0.739. The van der Waals surface area contributed by atoms with Gasteiger partial charge in [-0.2, -0.15) is 0 Å². The molecule has 0 unspecified atom stereocenters. The van der Waals surface area contributed by atoms with Gasteiger partial charge in [0.25, 0.3) is 0 Å². The average Bonchev–Trinajstić information content (AvgIpc) is 2.99. The summed E-state index contributed by atoms with van der Waals surface area (Å²) in [6.45, 7) is 4.94. The van der Waals surface area contributed by atoms with Crippen molar-refractivity contribution in [2.75, 3.05) is 13.1 Å². The highest BCUT2D eigenvalue weighted by Crippen LogP contribution is 2.32. The molecular weight excluding hydrogens is 204 g/mol. The smallest absolute Gasteiger partial charge is 0.247 e. The van der Waals surface area contributed by atoms with E-state index in [1.165, 1.54) is 12.8 Å². The van der Waals surface area contributed by atoms with E-state index in [0.29, 0.717) is 13.0 Å². The zero-order valence-electron chi connectivity index (χ0n) is 10.1. The Bertz CT molecular complexity index is 308. The van der Waals surface area contributed by atoms with E-state index < -0.39 is 5.54 Å². The van der Waals surface area contributed by atoms with Crippen LogP contribution < -0.4 is 5.32 Å². The second kappa shape index (κ2) is 4.07. The van der Waals surface area contributed by atoms with E-state index in [0.717, 1.165) is 18.9 Å². The van der Waals surface area contributed by atoms with Gasteiger partial charge in [-0.1, -0.05) is 12.8 Å². The summed E-state index contributed by atoms with van der Waals surface area (Å²) in [6.07, 6.45) is 4.14. The largest absolute Gasteiger partial charge is 0.342 e. The molecule has 4 heteroatoms. The maximum atomic E-state index is 12.2. The fraction of sp³-hybridized carbons (Fsp3) is 0.833. The Morgan fingerprint density at radius 1 is 1.38 bits per heavy atom. The molecule has 1 heterocycles. The first-order chi connectivity index (χ1) is 7.49. The van der Waals surface area contributed by atoms with Crippen LogP contribution in [0.25, 0.3) is 0 Å².